The van der Waals surface area contributed by atoms with Gasteiger partial charge in [-0.2, -0.15) is 0 Å². The summed E-state index contributed by atoms with van der Waals surface area (Å²) < 4.78 is 21.7. The fraction of sp³-hybridized carbons (Fsp3) is 0.641. The molecule has 2 aromatic rings. The molecule has 2 aromatic carbocycles. The van der Waals surface area contributed by atoms with Crippen molar-refractivity contribution in [2.24, 2.45) is 17.3 Å². The molecule has 0 aromatic heterocycles. The lowest BCUT2D eigenvalue weighted by molar-refractivity contribution is -0.131. The highest BCUT2D eigenvalue weighted by molar-refractivity contribution is 5.84. The zero-order chi connectivity index (χ0) is 35.0. The van der Waals surface area contributed by atoms with Crippen LogP contribution in [0.1, 0.15) is 94.6 Å². The molecule has 4 atom stereocenters. The maximum atomic E-state index is 12.7. The van der Waals surface area contributed by atoms with Crippen LogP contribution < -0.4 is 18.9 Å². The topological polar surface area (TPSA) is 97.8 Å². The standard InChI is InChI=1S/C20H29NO3.C19H27NO4/c1-20(2,3)11-14-12-21-7-6-13-8-18(23-4)19(24-5)9-15(13)16(21)10-17(14)22;1-19(2,22)10-13-11-20-6-5-12-7-17(23-3)18(24-4)8-14(12)15(20)9-16(13)21/h8-9,14,16H,6-7,10-12H2,1-5H3;7-8,13,15,22H,5-6,9-11H2,1-4H3/t14-,16-;13-,15-/m10/s1. The van der Waals surface area contributed by atoms with Crippen molar-refractivity contribution in [1.82, 2.24) is 9.80 Å². The van der Waals surface area contributed by atoms with Gasteiger partial charge in [0.2, 0.25) is 0 Å². The normalized spacial score (nSPS) is 24.3. The highest BCUT2D eigenvalue weighted by Gasteiger charge is 2.41. The Morgan fingerprint density at radius 1 is 0.646 bits per heavy atom. The van der Waals surface area contributed by atoms with Gasteiger partial charge in [-0.25, -0.2) is 0 Å². The Morgan fingerprint density at radius 3 is 1.38 bits per heavy atom. The number of Topliss-reactive ketones (excluding diaryl/α,β-unsaturated/α-hetero) is 2. The molecule has 9 nitrogen and oxygen atoms in total. The minimum atomic E-state index is -0.808. The van der Waals surface area contributed by atoms with E-state index in [1.807, 2.05) is 12.1 Å². The van der Waals surface area contributed by atoms with Crippen LogP contribution in [0.4, 0.5) is 0 Å². The monoisotopic (exact) mass is 664 g/mol. The first-order valence-electron chi connectivity index (χ1n) is 17.4. The zero-order valence-electron chi connectivity index (χ0n) is 30.5. The van der Waals surface area contributed by atoms with E-state index in [1.165, 1.54) is 22.3 Å². The molecule has 6 rings (SSSR count). The number of fused-ring (bicyclic) bond motifs is 6. The second-order valence-electron chi connectivity index (χ2n) is 15.8. The number of carbonyl (C=O) groups is 2. The van der Waals surface area contributed by atoms with Crippen LogP contribution in [0.5, 0.6) is 23.0 Å². The maximum absolute atomic E-state index is 12.7. The summed E-state index contributed by atoms with van der Waals surface area (Å²) in [5, 5.41) is 10.1. The molecule has 0 saturated carbocycles. The molecule has 0 amide bonds. The number of nitrogens with zero attached hydrogens (tertiary/aromatic N) is 2. The smallest absolute Gasteiger partial charge is 0.161 e. The number of piperidine rings is 2. The van der Waals surface area contributed by atoms with Gasteiger partial charge in [0, 0.05) is 62.9 Å². The predicted molar refractivity (Wildman–Crippen MR) is 186 cm³/mol. The Bertz CT molecular complexity index is 1380. The second-order valence-corrected chi connectivity index (χ2v) is 15.8. The third-order valence-corrected chi connectivity index (χ3v) is 10.4. The van der Waals surface area contributed by atoms with E-state index in [1.54, 1.807) is 42.3 Å². The Labute approximate surface area is 286 Å². The van der Waals surface area contributed by atoms with Gasteiger partial charge in [-0.15, -0.1) is 0 Å². The molecule has 1 N–H and O–H groups in total. The van der Waals surface area contributed by atoms with Crippen LogP contribution in [0.3, 0.4) is 0 Å². The van der Waals surface area contributed by atoms with E-state index in [2.05, 4.69) is 42.7 Å². The molecule has 264 valence electrons. The fourth-order valence-electron chi connectivity index (χ4n) is 8.26. The Balaban J connectivity index is 0.000000188. The molecule has 2 fully saturated rings. The molecule has 0 unspecified atom stereocenters. The number of ether oxygens (including phenoxy) is 4. The van der Waals surface area contributed by atoms with Gasteiger partial charge in [0.05, 0.1) is 34.0 Å². The van der Waals surface area contributed by atoms with Crippen LogP contribution in [0.25, 0.3) is 0 Å². The van der Waals surface area contributed by atoms with Gasteiger partial charge >= 0.3 is 0 Å². The molecule has 0 radical (unpaired) electrons. The minimum absolute atomic E-state index is 0.0806. The largest absolute Gasteiger partial charge is 0.493 e. The zero-order valence-corrected chi connectivity index (χ0v) is 30.5. The maximum Gasteiger partial charge on any atom is 0.161 e. The Hall–Kier alpha value is -3.14. The number of hydrogen-bond acceptors (Lipinski definition) is 9. The van der Waals surface area contributed by atoms with E-state index < -0.39 is 5.60 Å². The summed E-state index contributed by atoms with van der Waals surface area (Å²) in [4.78, 5) is 30.2. The van der Waals surface area contributed by atoms with Crippen molar-refractivity contribution in [1.29, 1.82) is 0 Å². The average molecular weight is 665 g/mol. The van der Waals surface area contributed by atoms with Gasteiger partial charge in [-0.1, -0.05) is 20.8 Å². The van der Waals surface area contributed by atoms with Gasteiger partial charge in [0.15, 0.2) is 23.0 Å². The van der Waals surface area contributed by atoms with E-state index in [0.717, 1.165) is 62.7 Å². The van der Waals surface area contributed by atoms with E-state index in [4.69, 9.17) is 18.9 Å². The summed E-state index contributed by atoms with van der Waals surface area (Å²) in [6, 6.07) is 8.52. The number of benzene rings is 2. The van der Waals surface area contributed by atoms with Gasteiger partial charge < -0.3 is 24.1 Å². The van der Waals surface area contributed by atoms with Gasteiger partial charge in [-0.3, -0.25) is 19.4 Å². The fourth-order valence-corrected chi connectivity index (χ4v) is 8.26. The van der Waals surface area contributed by atoms with E-state index in [0.29, 0.717) is 30.8 Å². The molecule has 4 aliphatic rings. The van der Waals surface area contributed by atoms with Crippen molar-refractivity contribution in [2.75, 3.05) is 54.6 Å². The second kappa shape index (κ2) is 14.4. The lowest BCUT2D eigenvalue weighted by Crippen LogP contribution is -2.47. The summed E-state index contributed by atoms with van der Waals surface area (Å²) >= 11 is 0. The van der Waals surface area contributed by atoms with Gasteiger partial charge in [-0.05, 0) is 91.5 Å². The molecule has 4 heterocycles. The van der Waals surface area contributed by atoms with Crippen molar-refractivity contribution in [3.05, 3.63) is 46.5 Å². The number of carbonyl (C=O) groups excluding carboxylic acids is 2. The molecule has 9 heteroatoms. The highest BCUT2D eigenvalue weighted by atomic mass is 16.5. The molecule has 0 aliphatic carbocycles. The third kappa shape index (κ3) is 8.01. The Kier molecular flexibility index (Phi) is 10.8. The molecular formula is C39H56N2O7. The summed E-state index contributed by atoms with van der Waals surface area (Å²) in [5.41, 5.74) is 4.32. The van der Waals surface area contributed by atoms with Crippen LogP contribution in [0.2, 0.25) is 0 Å². The molecule has 2 saturated heterocycles. The SMILES string of the molecule is COc1cc2c(cc1OC)[C@@H]1CC(=O)[C@@H](CC(C)(C)O)CN1CC2.COc1cc2c(cc1OC)[C@H]1CC(=O)[C@H](CC(C)(C)C)CN1CC2. The summed E-state index contributed by atoms with van der Waals surface area (Å²) in [6.45, 7) is 13.8. The van der Waals surface area contributed by atoms with Gasteiger partial charge in [0.1, 0.15) is 11.6 Å². The average Bonchev–Trinajstić information content (AvgIpc) is 3.03. The Morgan fingerprint density at radius 2 is 1.02 bits per heavy atom. The van der Waals surface area contributed by atoms with Crippen molar-refractivity contribution >= 4 is 11.6 Å². The quantitative estimate of drug-likeness (QED) is 0.383. The number of methoxy groups -OCH3 is 4. The summed E-state index contributed by atoms with van der Waals surface area (Å²) in [7, 11) is 6.61. The lowest BCUT2D eigenvalue weighted by atomic mass is 9.76. The first-order valence-corrected chi connectivity index (χ1v) is 17.4. The van der Waals surface area contributed by atoms with Crippen molar-refractivity contribution in [2.45, 2.75) is 90.8 Å². The predicted octanol–water partition coefficient (Wildman–Crippen LogP) is 5.98. The molecular weight excluding hydrogens is 608 g/mol. The number of rotatable bonds is 7. The number of hydrogen-bond donors (Lipinski definition) is 1. The van der Waals surface area contributed by atoms with Crippen LogP contribution in [0, 0.1) is 17.3 Å². The third-order valence-electron chi connectivity index (χ3n) is 10.4. The van der Waals surface area contributed by atoms with Crippen LogP contribution in [0.15, 0.2) is 24.3 Å². The first-order chi connectivity index (χ1) is 22.6. The van der Waals surface area contributed by atoms with Gasteiger partial charge in [0.25, 0.3) is 0 Å². The lowest BCUT2D eigenvalue weighted by Gasteiger charge is -2.44. The van der Waals surface area contributed by atoms with E-state index in [9.17, 15) is 14.7 Å². The molecule has 0 bridgehead atoms. The van der Waals surface area contributed by atoms with Crippen molar-refractivity contribution in [3.8, 4) is 23.0 Å². The van der Waals surface area contributed by atoms with Crippen molar-refractivity contribution < 1.29 is 33.6 Å². The van der Waals surface area contributed by atoms with E-state index in [-0.39, 0.29) is 35.1 Å². The summed E-state index contributed by atoms with van der Waals surface area (Å²) in [6.07, 6.45) is 4.55. The highest BCUT2D eigenvalue weighted by Crippen LogP contribution is 2.44. The van der Waals surface area contributed by atoms with Crippen LogP contribution in [-0.2, 0) is 22.4 Å². The first kappa shape index (κ1) is 36.1. The molecule has 0 spiro atoms. The number of aliphatic hydroxyl groups is 1. The molecule has 48 heavy (non-hydrogen) atoms. The number of ketones is 2. The summed E-state index contributed by atoms with van der Waals surface area (Å²) in [5.74, 6) is 3.73. The van der Waals surface area contributed by atoms with Crippen LogP contribution >= 0.6 is 0 Å². The van der Waals surface area contributed by atoms with Crippen molar-refractivity contribution in [3.63, 3.8) is 0 Å². The minimum Gasteiger partial charge on any atom is -0.493 e. The van der Waals surface area contributed by atoms with Crippen LogP contribution in [-0.4, -0.2) is 86.7 Å². The molecule has 4 aliphatic heterocycles. The van der Waals surface area contributed by atoms with E-state index >= 15 is 0 Å².